The standard InChI is InChI=1S/C16H27N3O/c1-11(2)15(19(3)4)10-17-13-6-5-7-14-12(13)8-9-16(20)18-14/h8-9,11,13,15,17H,5-7,10H2,1-4H3,(H,18,20). The number of hydrogen-bond acceptors (Lipinski definition) is 3. The number of pyridine rings is 1. The molecular formula is C16H27N3O. The zero-order valence-corrected chi connectivity index (χ0v) is 13.1. The minimum atomic E-state index is 0.0118. The van der Waals surface area contributed by atoms with Crippen molar-refractivity contribution >= 4 is 0 Å². The van der Waals surface area contributed by atoms with Gasteiger partial charge in [-0.25, -0.2) is 0 Å². The van der Waals surface area contributed by atoms with E-state index in [9.17, 15) is 4.79 Å². The van der Waals surface area contributed by atoms with Gasteiger partial charge in [-0.15, -0.1) is 0 Å². The Morgan fingerprint density at radius 3 is 2.80 bits per heavy atom. The summed E-state index contributed by atoms with van der Waals surface area (Å²) in [5, 5.41) is 3.70. The van der Waals surface area contributed by atoms with E-state index in [-0.39, 0.29) is 5.56 Å². The Morgan fingerprint density at radius 1 is 1.40 bits per heavy atom. The monoisotopic (exact) mass is 277 g/mol. The number of hydrogen-bond donors (Lipinski definition) is 2. The third-order valence-corrected chi connectivity index (χ3v) is 4.34. The lowest BCUT2D eigenvalue weighted by atomic mass is 9.91. The Labute approximate surface area is 121 Å². The van der Waals surface area contributed by atoms with Gasteiger partial charge in [-0.3, -0.25) is 4.79 Å². The number of rotatable bonds is 5. The topological polar surface area (TPSA) is 48.1 Å². The van der Waals surface area contributed by atoms with Gasteiger partial charge in [-0.1, -0.05) is 19.9 Å². The molecule has 0 saturated carbocycles. The van der Waals surface area contributed by atoms with Crippen LogP contribution in [0, 0.1) is 5.92 Å². The van der Waals surface area contributed by atoms with E-state index in [1.165, 1.54) is 5.56 Å². The molecule has 1 aromatic rings. The molecule has 0 spiro atoms. The minimum absolute atomic E-state index is 0.0118. The first kappa shape index (κ1) is 15.3. The van der Waals surface area contributed by atoms with Crippen LogP contribution in [-0.2, 0) is 6.42 Å². The largest absolute Gasteiger partial charge is 0.326 e. The molecule has 0 bridgehead atoms. The number of aryl methyl sites for hydroxylation is 1. The van der Waals surface area contributed by atoms with Crippen molar-refractivity contribution < 1.29 is 0 Å². The second-order valence-corrected chi connectivity index (χ2v) is 6.38. The Balaban J connectivity index is 2.07. The zero-order chi connectivity index (χ0) is 14.7. The maximum Gasteiger partial charge on any atom is 0.248 e. The summed E-state index contributed by atoms with van der Waals surface area (Å²) in [6, 6.07) is 4.54. The molecule has 20 heavy (non-hydrogen) atoms. The number of nitrogens with zero attached hydrogens (tertiary/aromatic N) is 1. The number of nitrogens with one attached hydrogen (secondary N) is 2. The Morgan fingerprint density at radius 2 is 2.15 bits per heavy atom. The van der Waals surface area contributed by atoms with E-state index >= 15 is 0 Å². The lowest BCUT2D eigenvalue weighted by Crippen LogP contribution is -2.43. The molecule has 0 amide bonds. The Kier molecular flexibility index (Phi) is 5.00. The van der Waals surface area contributed by atoms with E-state index in [0.717, 1.165) is 31.5 Å². The van der Waals surface area contributed by atoms with Crippen molar-refractivity contribution in [1.29, 1.82) is 0 Å². The fourth-order valence-electron chi connectivity index (χ4n) is 3.19. The summed E-state index contributed by atoms with van der Waals surface area (Å²) in [6.07, 6.45) is 3.28. The molecule has 2 rings (SSSR count). The normalized spacial score (nSPS) is 20.2. The summed E-state index contributed by atoms with van der Waals surface area (Å²) < 4.78 is 0. The van der Waals surface area contributed by atoms with Gasteiger partial charge in [0.15, 0.2) is 0 Å². The highest BCUT2D eigenvalue weighted by atomic mass is 16.1. The second-order valence-electron chi connectivity index (χ2n) is 6.38. The van der Waals surface area contributed by atoms with Gasteiger partial charge < -0.3 is 15.2 Å². The lowest BCUT2D eigenvalue weighted by Gasteiger charge is -2.32. The average Bonchev–Trinajstić information content (AvgIpc) is 2.37. The number of aromatic amines is 1. The summed E-state index contributed by atoms with van der Waals surface area (Å²) in [7, 11) is 4.28. The summed E-state index contributed by atoms with van der Waals surface area (Å²) in [6.45, 7) is 5.51. The molecule has 0 aromatic carbocycles. The predicted molar refractivity (Wildman–Crippen MR) is 83.1 cm³/mol. The van der Waals surface area contributed by atoms with Crippen molar-refractivity contribution in [1.82, 2.24) is 15.2 Å². The van der Waals surface area contributed by atoms with Crippen LogP contribution in [0.2, 0.25) is 0 Å². The van der Waals surface area contributed by atoms with Gasteiger partial charge in [-0.05, 0) is 44.8 Å². The molecule has 0 saturated heterocycles. The SMILES string of the molecule is CC(C)C(CNC1CCCc2[nH]c(=O)ccc21)N(C)C. The Bertz CT molecular complexity index is 485. The van der Waals surface area contributed by atoms with Crippen LogP contribution in [0.5, 0.6) is 0 Å². The lowest BCUT2D eigenvalue weighted by molar-refractivity contribution is 0.216. The number of H-pyrrole nitrogens is 1. The van der Waals surface area contributed by atoms with Crippen LogP contribution in [0.1, 0.15) is 44.0 Å². The molecule has 2 unspecified atom stereocenters. The molecule has 4 nitrogen and oxygen atoms in total. The van der Waals surface area contributed by atoms with Crippen molar-refractivity contribution in [3.63, 3.8) is 0 Å². The fraction of sp³-hybridized carbons (Fsp3) is 0.688. The molecule has 2 N–H and O–H groups in total. The highest BCUT2D eigenvalue weighted by molar-refractivity contribution is 5.26. The molecule has 4 heteroatoms. The summed E-state index contributed by atoms with van der Waals surface area (Å²) in [4.78, 5) is 16.7. The van der Waals surface area contributed by atoms with Crippen LogP contribution in [0.4, 0.5) is 0 Å². The van der Waals surface area contributed by atoms with Crippen LogP contribution in [0.3, 0.4) is 0 Å². The second kappa shape index (κ2) is 6.55. The molecule has 0 aliphatic heterocycles. The van der Waals surface area contributed by atoms with E-state index in [2.05, 4.69) is 43.1 Å². The third kappa shape index (κ3) is 3.49. The van der Waals surface area contributed by atoms with Crippen molar-refractivity contribution in [2.75, 3.05) is 20.6 Å². The first-order valence-corrected chi connectivity index (χ1v) is 7.61. The summed E-state index contributed by atoms with van der Waals surface area (Å²) in [5.41, 5.74) is 2.40. The molecular weight excluding hydrogens is 250 g/mol. The van der Waals surface area contributed by atoms with Gasteiger partial charge in [0.2, 0.25) is 5.56 Å². The van der Waals surface area contributed by atoms with E-state index in [0.29, 0.717) is 18.0 Å². The third-order valence-electron chi connectivity index (χ3n) is 4.34. The zero-order valence-electron chi connectivity index (χ0n) is 13.1. The van der Waals surface area contributed by atoms with Gasteiger partial charge in [0.25, 0.3) is 0 Å². The molecule has 1 aliphatic rings. The molecule has 2 atom stereocenters. The quantitative estimate of drug-likeness (QED) is 0.864. The van der Waals surface area contributed by atoms with Gasteiger partial charge >= 0.3 is 0 Å². The molecule has 112 valence electrons. The fourth-order valence-corrected chi connectivity index (χ4v) is 3.19. The van der Waals surface area contributed by atoms with Crippen molar-refractivity contribution in [3.8, 4) is 0 Å². The summed E-state index contributed by atoms with van der Waals surface area (Å²) in [5.74, 6) is 0.621. The van der Waals surface area contributed by atoms with Gasteiger partial charge in [-0.2, -0.15) is 0 Å². The first-order chi connectivity index (χ1) is 9.49. The maximum absolute atomic E-state index is 11.4. The van der Waals surface area contributed by atoms with E-state index in [1.807, 2.05) is 6.07 Å². The van der Waals surface area contributed by atoms with Crippen LogP contribution in [0.15, 0.2) is 16.9 Å². The van der Waals surface area contributed by atoms with Gasteiger partial charge in [0, 0.05) is 30.4 Å². The van der Waals surface area contributed by atoms with Crippen LogP contribution in [0.25, 0.3) is 0 Å². The Hall–Kier alpha value is -1.13. The molecule has 1 aromatic heterocycles. The van der Waals surface area contributed by atoms with Crippen LogP contribution >= 0.6 is 0 Å². The van der Waals surface area contributed by atoms with E-state index < -0.39 is 0 Å². The minimum Gasteiger partial charge on any atom is -0.326 e. The van der Waals surface area contributed by atoms with E-state index in [4.69, 9.17) is 0 Å². The van der Waals surface area contributed by atoms with Crippen LogP contribution in [-0.4, -0.2) is 36.6 Å². The molecule has 0 fully saturated rings. The smallest absolute Gasteiger partial charge is 0.248 e. The summed E-state index contributed by atoms with van der Waals surface area (Å²) >= 11 is 0. The highest BCUT2D eigenvalue weighted by Crippen LogP contribution is 2.27. The van der Waals surface area contributed by atoms with Crippen molar-refractivity contribution in [3.05, 3.63) is 33.7 Å². The van der Waals surface area contributed by atoms with Crippen molar-refractivity contribution in [2.45, 2.75) is 45.2 Å². The average molecular weight is 277 g/mol. The molecule has 1 aliphatic carbocycles. The molecule has 1 heterocycles. The number of fused-ring (bicyclic) bond motifs is 1. The van der Waals surface area contributed by atoms with Crippen LogP contribution < -0.4 is 10.9 Å². The number of likely N-dealkylation sites (N-methyl/N-ethyl adjacent to an activating group) is 1. The van der Waals surface area contributed by atoms with Gasteiger partial charge in [0.1, 0.15) is 0 Å². The predicted octanol–water partition coefficient (Wildman–Crippen LogP) is 1.93. The highest BCUT2D eigenvalue weighted by Gasteiger charge is 2.23. The van der Waals surface area contributed by atoms with E-state index in [1.54, 1.807) is 6.07 Å². The van der Waals surface area contributed by atoms with Crippen molar-refractivity contribution in [2.24, 2.45) is 5.92 Å². The molecule has 0 radical (unpaired) electrons. The maximum atomic E-state index is 11.4. The number of aromatic nitrogens is 1. The van der Waals surface area contributed by atoms with Gasteiger partial charge in [0.05, 0.1) is 0 Å². The first-order valence-electron chi connectivity index (χ1n) is 7.61.